The van der Waals surface area contributed by atoms with Gasteiger partial charge in [0.05, 0.1) is 40.2 Å². The van der Waals surface area contributed by atoms with Gasteiger partial charge in [0, 0.05) is 24.5 Å². The van der Waals surface area contributed by atoms with Gasteiger partial charge in [-0.25, -0.2) is 0 Å². The Labute approximate surface area is 243 Å². The van der Waals surface area contributed by atoms with E-state index in [1.54, 1.807) is 49.5 Å². The number of aromatic nitrogens is 2. The highest BCUT2D eigenvalue weighted by atomic mass is 35.5. The first-order valence-corrected chi connectivity index (χ1v) is 13.1. The van der Waals surface area contributed by atoms with E-state index in [-0.39, 0.29) is 23.6 Å². The summed E-state index contributed by atoms with van der Waals surface area (Å²) in [6, 6.07) is 15.9. The van der Waals surface area contributed by atoms with Gasteiger partial charge in [-0.15, -0.1) is 0 Å². The van der Waals surface area contributed by atoms with Gasteiger partial charge < -0.3 is 30.2 Å². The molecule has 4 rings (SSSR count). The SMILES string of the molecule is CCOc1cc2c(cc1NC(=O)/C=C/CN(C)C)c(Nc1ccc(OCc3ccccn3)c(Cl)c1)c(C#N)c[n+]2[O-]. The molecule has 0 radical (unpaired) electrons. The van der Waals surface area contributed by atoms with Crippen LogP contribution < -0.4 is 24.8 Å². The molecule has 2 N–H and O–H groups in total. The number of hydrogen-bond donors (Lipinski definition) is 2. The van der Waals surface area contributed by atoms with Crippen molar-refractivity contribution >= 4 is 45.5 Å². The molecule has 0 saturated carbocycles. The quantitative estimate of drug-likeness (QED) is 0.143. The fourth-order valence-electron chi connectivity index (χ4n) is 3.96. The van der Waals surface area contributed by atoms with Crippen molar-refractivity contribution in [3.8, 4) is 17.6 Å². The molecular weight excluding hydrogens is 544 g/mol. The van der Waals surface area contributed by atoms with E-state index in [1.165, 1.54) is 12.3 Å². The summed E-state index contributed by atoms with van der Waals surface area (Å²) >= 11 is 6.50. The zero-order valence-electron chi connectivity index (χ0n) is 22.8. The standard InChI is InChI=1S/C30H29ClN6O4/c1-4-40-28-16-26-23(15-25(28)35-29(38)9-7-13-36(2)3)30(20(17-32)18-37(26)39)34-21-10-11-27(24(31)14-21)41-19-22-8-5-6-12-33-22/h5-12,14-16,18,34H,4,13,19H2,1-3H3,(H,35,38)/b9-7+. The molecule has 0 fully saturated rings. The van der Waals surface area contributed by atoms with Crippen molar-refractivity contribution in [2.24, 2.45) is 0 Å². The molecule has 0 aliphatic heterocycles. The number of halogens is 1. The Morgan fingerprint density at radius 2 is 2.02 bits per heavy atom. The molecule has 0 spiro atoms. The van der Waals surface area contributed by atoms with Gasteiger partial charge in [-0.3, -0.25) is 9.78 Å². The van der Waals surface area contributed by atoms with Gasteiger partial charge in [-0.05, 0) is 57.4 Å². The highest BCUT2D eigenvalue weighted by molar-refractivity contribution is 6.32. The molecule has 2 heterocycles. The van der Waals surface area contributed by atoms with Crippen LogP contribution in [0.5, 0.6) is 11.5 Å². The van der Waals surface area contributed by atoms with Crippen LogP contribution in [-0.4, -0.2) is 43.0 Å². The number of amides is 1. The van der Waals surface area contributed by atoms with Crippen LogP contribution in [0.1, 0.15) is 18.2 Å². The molecule has 2 aromatic heterocycles. The number of carbonyl (C=O) groups is 1. The molecule has 0 aliphatic carbocycles. The number of likely N-dealkylation sites (N-methyl/N-ethyl adjacent to an activating group) is 1. The maximum atomic E-state index is 12.9. The number of rotatable bonds is 11. The minimum absolute atomic E-state index is 0.103. The Morgan fingerprint density at radius 1 is 1.20 bits per heavy atom. The molecule has 1 amide bonds. The molecule has 210 valence electrons. The molecule has 0 bridgehead atoms. The number of hydrogen-bond acceptors (Lipinski definition) is 8. The van der Waals surface area contributed by atoms with E-state index in [1.807, 2.05) is 37.2 Å². The molecule has 10 nitrogen and oxygen atoms in total. The minimum Gasteiger partial charge on any atom is -0.618 e. The largest absolute Gasteiger partial charge is 0.618 e. The number of anilines is 3. The van der Waals surface area contributed by atoms with Crippen LogP contribution in [0.15, 0.2) is 73.1 Å². The summed E-state index contributed by atoms with van der Waals surface area (Å²) in [5.41, 5.74) is 2.40. The third kappa shape index (κ3) is 7.42. The van der Waals surface area contributed by atoms with Crippen LogP contribution in [0.3, 0.4) is 0 Å². The zero-order valence-corrected chi connectivity index (χ0v) is 23.6. The van der Waals surface area contributed by atoms with Gasteiger partial charge in [-0.1, -0.05) is 23.7 Å². The van der Waals surface area contributed by atoms with Gasteiger partial charge >= 0.3 is 0 Å². The number of fused-ring (bicyclic) bond motifs is 1. The summed E-state index contributed by atoms with van der Waals surface area (Å²) in [4.78, 5) is 18.8. The van der Waals surface area contributed by atoms with Gasteiger partial charge in [0.15, 0.2) is 0 Å². The molecule has 2 aromatic carbocycles. The first-order chi connectivity index (χ1) is 19.8. The number of ether oxygens (including phenoxy) is 2. The normalized spacial score (nSPS) is 11.0. The highest BCUT2D eigenvalue weighted by Gasteiger charge is 2.21. The van der Waals surface area contributed by atoms with Gasteiger partial charge in [0.2, 0.25) is 17.6 Å². The summed E-state index contributed by atoms with van der Waals surface area (Å²) in [5, 5.41) is 29.5. The lowest BCUT2D eigenvalue weighted by Gasteiger charge is -2.16. The van der Waals surface area contributed by atoms with Crippen LogP contribution in [0.2, 0.25) is 5.02 Å². The van der Waals surface area contributed by atoms with Crippen molar-refractivity contribution in [2.75, 3.05) is 37.9 Å². The number of pyridine rings is 2. The summed E-state index contributed by atoms with van der Waals surface area (Å²) in [6.45, 7) is 2.96. The fourth-order valence-corrected chi connectivity index (χ4v) is 4.20. The predicted molar refractivity (Wildman–Crippen MR) is 158 cm³/mol. The lowest BCUT2D eigenvalue weighted by atomic mass is 10.1. The summed E-state index contributed by atoms with van der Waals surface area (Å²) in [7, 11) is 3.79. The van der Waals surface area contributed by atoms with Crippen LogP contribution in [0.4, 0.5) is 17.1 Å². The molecule has 4 aromatic rings. The Morgan fingerprint density at radius 3 is 2.71 bits per heavy atom. The average Bonchev–Trinajstić information content (AvgIpc) is 2.95. The summed E-state index contributed by atoms with van der Waals surface area (Å²) in [5.74, 6) is 0.431. The molecule has 0 saturated heterocycles. The van der Waals surface area contributed by atoms with E-state index < -0.39 is 0 Å². The monoisotopic (exact) mass is 572 g/mol. The fraction of sp³-hybridized carbons (Fsp3) is 0.200. The predicted octanol–water partition coefficient (Wildman–Crippen LogP) is 5.17. The van der Waals surface area contributed by atoms with Crippen molar-refractivity contribution in [1.29, 1.82) is 5.26 Å². The second kappa shape index (κ2) is 13.5. The van der Waals surface area contributed by atoms with Crippen molar-refractivity contribution in [2.45, 2.75) is 13.5 Å². The molecule has 11 heteroatoms. The lowest BCUT2D eigenvalue weighted by Crippen LogP contribution is -2.28. The first-order valence-electron chi connectivity index (χ1n) is 12.8. The molecule has 0 unspecified atom stereocenters. The van der Waals surface area contributed by atoms with Crippen LogP contribution in [-0.2, 0) is 11.4 Å². The Kier molecular flexibility index (Phi) is 9.58. The van der Waals surface area contributed by atoms with E-state index in [9.17, 15) is 15.3 Å². The van der Waals surface area contributed by atoms with Gasteiger partial charge in [0.25, 0.3) is 0 Å². The molecule has 0 aliphatic rings. The van der Waals surface area contributed by atoms with Crippen molar-refractivity contribution in [1.82, 2.24) is 9.88 Å². The number of carbonyl (C=O) groups excluding carboxylic acids is 1. The Balaban J connectivity index is 1.68. The Hall–Kier alpha value is -4.85. The van der Waals surface area contributed by atoms with Crippen molar-refractivity contribution in [3.63, 3.8) is 0 Å². The van der Waals surface area contributed by atoms with Crippen LogP contribution >= 0.6 is 11.6 Å². The second-order valence-corrected chi connectivity index (χ2v) is 9.59. The number of benzene rings is 2. The molecule has 0 atom stereocenters. The van der Waals surface area contributed by atoms with E-state index in [0.717, 1.165) is 5.69 Å². The third-order valence-electron chi connectivity index (χ3n) is 5.84. The maximum Gasteiger partial charge on any atom is 0.248 e. The summed E-state index contributed by atoms with van der Waals surface area (Å²) in [6.07, 6.45) is 6.04. The van der Waals surface area contributed by atoms with E-state index in [2.05, 4.69) is 21.7 Å². The number of nitrogens with one attached hydrogen (secondary N) is 2. The van der Waals surface area contributed by atoms with E-state index in [4.69, 9.17) is 21.1 Å². The molecular formula is C30H29ClN6O4. The van der Waals surface area contributed by atoms with E-state index >= 15 is 0 Å². The zero-order chi connectivity index (χ0) is 29.4. The first kappa shape index (κ1) is 29.1. The smallest absolute Gasteiger partial charge is 0.248 e. The summed E-state index contributed by atoms with van der Waals surface area (Å²) < 4.78 is 12.1. The van der Waals surface area contributed by atoms with Crippen LogP contribution in [0.25, 0.3) is 10.9 Å². The Bertz CT molecular complexity index is 1620. The minimum atomic E-state index is -0.360. The number of nitriles is 1. The van der Waals surface area contributed by atoms with Crippen molar-refractivity contribution < 1.29 is 19.0 Å². The highest BCUT2D eigenvalue weighted by Crippen LogP contribution is 2.37. The van der Waals surface area contributed by atoms with Gasteiger partial charge in [-0.2, -0.15) is 9.99 Å². The average molecular weight is 573 g/mol. The van der Waals surface area contributed by atoms with Gasteiger partial charge in [0.1, 0.15) is 29.7 Å². The topological polar surface area (TPSA) is 126 Å². The molecule has 41 heavy (non-hydrogen) atoms. The third-order valence-corrected chi connectivity index (χ3v) is 6.14. The second-order valence-electron chi connectivity index (χ2n) is 9.19. The lowest BCUT2D eigenvalue weighted by molar-refractivity contribution is -0.577. The van der Waals surface area contributed by atoms with E-state index in [0.29, 0.717) is 56.9 Å². The number of nitrogens with zero attached hydrogens (tertiary/aromatic N) is 4. The van der Waals surface area contributed by atoms with Crippen molar-refractivity contribution in [3.05, 3.63) is 94.6 Å². The maximum absolute atomic E-state index is 12.9. The van der Waals surface area contributed by atoms with Crippen LogP contribution in [0, 0.1) is 16.5 Å².